The van der Waals surface area contributed by atoms with Crippen LogP contribution in [0.25, 0.3) is 21.5 Å². The Morgan fingerprint density at radius 2 is 0.988 bits per heavy atom. The predicted octanol–water partition coefficient (Wildman–Crippen LogP) is 9.35. The number of nitrogen functional groups attached to an aromatic ring is 1. The van der Waals surface area contributed by atoms with Crippen molar-refractivity contribution in [2.45, 2.75) is 34.3 Å². The number of fused-ring (bicyclic) bond motifs is 2. The number of benzene rings is 7. The Morgan fingerprint density at radius 3 is 1.57 bits per heavy atom. The summed E-state index contributed by atoms with van der Waals surface area (Å²) in [4.78, 5) is 2.93. The molecular formula is C38H26N10O26S7. The molecule has 0 heterocycles. The molecule has 426 valence electrons. The van der Waals surface area contributed by atoms with Gasteiger partial charge in [-0.3, -0.25) is 32.9 Å². The number of anilines is 1. The lowest BCUT2D eigenvalue weighted by Gasteiger charge is -2.15. The molecule has 0 bridgehead atoms. The van der Waals surface area contributed by atoms with E-state index < -0.39 is 174 Å². The largest absolute Gasteiger partial charge is 0.508 e. The van der Waals surface area contributed by atoms with Crippen molar-refractivity contribution in [1.29, 1.82) is 0 Å². The Hall–Kier alpha value is -7.93. The van der Waals surface area contributed by atoms with E-state index in [0.717, 1.165) is 24.3 Å². The van der Waals surface area contributed by atoms with Crippen LogP contribution in [0.2, 0.25) is 0 Å². The first kappa shape index (κ1) is 60.7. The molecule has 0 amide bonds. The van der Waals surface area contributed by atoms with E-state index in [1.165, 1.54) is 24.3 Å². The van der Waals surface area contributed by atoms with Crippen molar-refractivity contribution < 1.29 is 114 Å². The van der Waals surface area contributed by atoms with Crippen LogP contribution in [0.4, 0.5) is 56.9 Å². The Morgan fingerprint density at radius 1 is 0.469 bits per heavy atom. The maximum absolute atomic E-state index is 13.1. The summed E-state index contributed by atoms with van der Waals surface area (Å²) >= 11 is 0.0261. The number of hydrogen-bond acceptors (Lipinski definition) is 32. The summed E-state index contributed by atoms with van der Waals surface area (Å²) in [5.74, 6) is -2.77. The van der Waals surface area contributed by atoms with Gasteiger partial charge in [-0.2, -0.15) is 47.2 Å². The number of non-ortho nitro benzene ring substituents is 1. The Bertz CT molecular complexity index is 4490. The average molecular weight is 1260 g/mol. The second kappa shape index (κ2) is 23.3. The van der Waals surface area contributed by atoms with Gasteiger partial charge in [0.15, 0.2) is 11.5 Å². The highest BCUT2D eigenvalue weighted by Crippen LogP contribution is 2.51. The second-order valence-electron chi connectivity index (χ2n) is 15.2. The highest BCUT2D eigenvalue weighted by Gasteiger charge is 2.31. The van der Waals surface area contributed by atoms with Gasteiger partial charge in [-0.25, -0.2) is 10.5 Å². The molecule has 0 atom stereocenters. The molecule has 0 aliphatic rings. The van der Waals surface area contributed by atoms with Gasteiger partial charge in [0.05, 0.1) is 55.6 Å². The number of aromatic hydroxyl groups is 3. The third-order valence-electron chi connectivity index (χ3n) is 10.3. The van der Waals surface area contributed by atoms with Crippen molar-refractivity contribution in [3.05, 3.63) is 95.0 Å². The van der Waals surface area contributed by atoms with Crippen molar-refractivity contribution in [2.24, 2.45) is 40.9 Å². The third-order valence-corrected chi connectivity index (χ3v) is 16.0. The van der Waals surface area contributed by atoms with Crippen molar-refractivity contribution in [2.75, 3.05) is 5.73 Å². The lowest BCUT2D eigenvalue weighted by Crippen LogP contribution is -2.03. The Labute approximate surface area is 458 Å². The summed E-state index contributed by atoms with van der Waals surface area (Å²) in [6.45, 7) is 0. The number of rotatable bonds is 20. The zero-order valence-corrected chi connectivity index (χ0v) is 44.3. The molecule has 7 rings (SSSR count). The summed E-state index contributed by atoms with van der Waals surface area (Å²) in [7, 11) is -27.5. The molecule has 0 aliphatic carbocycles. The van der Waals surface area contributed by atoms with Gasteiger partial charge in [-0.15, -0.1) is 44.5 Å². The fraction of sp³-hybridized carbons (Fsp3) is 0. The summed E-state index contributed by atoms with van der Waals surface area (Å²) < 4.78 is 187. The van der Waals surface area contributed by atoms with Crippen LogP contribution in [0.15, 0.2) is 160 Å². The van der Waals surface area contributed by atoms with Crippen LogP contribution in [0.3, 0.4) is 0 Å². The normalized spacial score (nSPS) is 13.0. The summed E-state index contributed by atoms with van der Waals surface area (Å²) in [5.41, 5.74) is -1.50. The first-order valence-electron chi connectivity index (χ1n) is 20.3. The lowest BCUT2D eigenvalue weighted by atomic mass is 10.0. The molecule has 0 spiro atoms. The number of hydrogen-bond donors (Lipinski definition) is 11. The number of nitrogens with two attached hydrogens (primary N) is 1. The average Bonchev–Trinajstić information content (AvgIpc) is 3.44. The molecule has 0 fully saturated rings. The lowest BCUT2D eigenvalue weighted by molar-refractivity contribution is -0.432. The van der Waals surface area contributed by atoms with Crippen LogP contribution in [0.1, 0.15) is 0 Å². The number of phenols is 3. The van der Waals surface area contributed by atoms with Crippen molar-refractivity contribution in [3.63, 3.8) is 0 Å². The molecule has 81 heavy (non-hydrogen) atoms. The molecule has 7 aromatic rings. The van der Waals surface area contributed by atoms with E-state index in [2.05, 4.69) is 59.7 Å². The molecule has 0 unspecified atom stereocenters. The third kappa shape index (κ3) is 13.5. The minimum absolute atomic E-state index is 0.0411. The van der Waals surface area contributed by atoms with Crippen LogP contribution in [-0.2, 0) is 69.3 Å². The van der Waals surface area contributed by atoms with Gasteiger partial charge < -0.3 is 21.1 Å². The van der Waals surface area contributed by atoms with Gasteiger partial charge >= 0.3 is 0 Å². The van der Waals surface area contributed by atoms with Gasteiger partial charge in [0.2, 0.25) is 0 Å². The van der Waals surface area contributed by atoms with Crippen LogP contribution in [0, 0.1) is 10.1 Å². The van der Waals surface area contributed by atoms with Crippen LogP contribution in [-0.4, -0.2) is 95.6 Å². The molecule has 0 aromatic heterocycles. The van der Waals surface area contributed by atoms with Crippen molar-refractivity contribution in [1.82, 2.24) is 0 Å². The topological polar surface area (TPSA) is 578 Å². The second-order valence-corrected chi connectivity index (χ2v) is 23.6. The number of phenolic OH excluding ortho intramolecular Hbond substituents is 3. The van der Waals surface area contributed by atoms with E-state index >= 15 is 0 Å². The number of nitrogens with zero attached hydrogens (tertiary/aromatic N) is 9. The fourth-order valence-electron chi connectivity index (χ4n) is 6.91. The smallest absolute Gasteiger partial charge is 0.297 e. The Balaban J connectivity index is 1.40. The van der Waals surface area contributed by atoms with Crippen LogP contribution in [0.5, 0.6) is 17.2 Å². The quantitative estimate of drug-likeness (QED) is 0.00643. The van der Waals surface area contributed by atoms with Crippen LogP contribution >= 0.6 is 24.1 Å². The zero-order chi connectivity index (χ0) is 59.7. The van der Waals surface area contributed by atoms with E-state index in [4.69, 9.17) is 16.2 Å². The van der Waals surface area contributed by atoms with Crippen molar-refractivity contribution >= 4 is 153 Å². The van der Waals surface area contributed by atoms with Crippen molar-refractivity contribution in [3.8, 4) is 17.2 Å². The SMILES string of the molecule is Nc1c(N=Nc2ccc3c(O)c(N=Nc4cc(S(=O)(=O)O)c(N=Nc5ccc(O)cc5)cc4SOOO)c(S(=O)(=O)O)cc3c2S(=O)(=O)O)cc(S(=O)(=O)O)c2cc(SOOO)c(N=Nc3ccc([N+](=O)[O-])cc3S(=O)(=O)O)c(O)c12. The monoisotopic (exact) mass is 1260 g/mol. The zero-order valence-electron chi connectivity index (χ0n) is 38.5. The van der Waals surface area contributed by atoms with Crippen LogP contribution < -0.4 is 5.73 Å². The van der Waals surface area contributed by atoms with Gasteiger partial charge in [0.1, 0.15) is 70.0 Å². The molecule has 43 heteroatoms. The highest BCUT2D eigenvalue weighted by molar-refractivity contribution is 7.95. The first-order valence-corrected chi connectivity index (χ1v) is 29.0. The molecule has 0 aliphatic heterocycles. The fourth-order valence-corrected chi connectivity index (χ4v) is 11.3. The van der Waals surface area contributed by atoms with E-state index in [9.17, 15) is 90.3 Å². The van der Waals surface area contributed by atoms with Gasteiger partial charge in [0, 0.05) is 28.3 Å². The summed E-state index contributed by atoms with van der Waals surface area (Å²) in [6.07, 6.45) is 0. The molecule has 12 N–H and O–H groups in total. The number of azo groups is 4. The standard InChI is InChI=1S/C38H26N10O26S7/c39-33-25(14-28(77(56,57)58)20-10-27(76-74-72-55)34(37(51)32(20)33)46-41-21-7-3-16(48(52)53)9-29(21)78(59,60)61)45-42-22-8-6-18-19(38(22)81(68,69)70)11-31(80(65,66)67)35(36(18)50)47-43-23-13-30(79(62,63)64)24(12-26(23)75-73-71-54)44-40-15-1-4-17(49)5-2-15/h1-14,49-51,54-55H,39H2,(H,56,57,58)(H,59,60,61)(H,62,63,64)(H,65,66,67)(H,68,69,70). The summed E-state index contributed by atoms with van der Waals surface area (Å²) in [5, 5.41) is 95.0. The molecular weight excluding hydrogens is 1240 g/mol. The minimum Gasteiger partial charge on any atom is -0.508 e. The number of nitro groups is 1. The van der Waals surface area contributed by atoms with E-state index in [1.807, 2.05) is 0 Å². The van der Waals surface area contributed by atoms with E-state index in [1.54, 1.807) is 0 Å². The maximum Gasteiger partial charge on any atom is 0.297 e. The molecule has 7 aromatic carbocycles. The minimum atomic E-state index is -5.73. The molecule has 0 radical (unpaired) electrons. The van der Waals surface area contributed by atoms with Gasteiger partial charge in [-0.05, 0) is 72.8 Å². The first-order chi connectivity index (χ1) is 37.7. The molecule has 36 nitrogen and oxygen atoms in total. The maximum atomic E-state index is 13.1. The number of nitro benzene ring substituents is 1. The van der Waals surface area contributed by atoms with E-state index in [-0.39, 0.29) is 35.5 Å². The van der Waals surface area contributed by atoms with Gasteiger partial charge in [0.25, 0.3) is 56.3 Å². The molecule has 0 saturated carbocycles. The molecule has 0 saturated heterocycles. The predicted molar refractivity (Wildman–Crippen MR) is 270 cm³/mol. The highest BCUT2D eigenvalue weighted by atomic mass is 32.2. The Kier molecular flexibility index (Phi) is 17.4. The van der Waals surface area contributed by atoms with Gasteiger partial charge in [-0.1, -0.05) is 10.1 Å². The summed E-state index contributed by atoms with van der Waals surface area (Å²) in [6, 6.07) is 11.1. The van der Waals surface area contributed by atoms with E-state index in [0.29, 0.717) is 36.4 Å².